The van der Waals surface area contributed by atoms with Gasteiger partial charge in [0.1, 0.15) is 0 Å². The lowest BCUT2D eigenvalue weighted by molar-refractivity contribution is 0.628. The quantitative estimate of drug-likeness (QED) is 0.770. The Hall–Kier alpha value is -2.34. The van der Waals surface area contributed by atoms with E-state index < -0.39 is 0 Å². The van der Waals surface area contributed by atoms with Gasteiger partial charge >= 0.3 is 0 Å². The Kier molecular flexibility index (Phi) is 3.08. The summed E-state index contributed by atoms with van der Waals surface area (Å²) < 4.78 is 1.78. The molecule has 1 saturated carbocycles. The summed E-state index contributed by atoms with van der Waals surface area (Å²) in [6.45, 7) is 1.85. The van der Waals surface area contributed by atoms with Crippen LogP contribution in [0.4, 0.5) is 0 Å². The zero-order chi connectivity index (χ0) is 14.1. The Morgan fingerprint density at radius 1 is 1.14 bits per heavy atom. The van der Waals surface area contributed by atoms with Gasteiger partial charge in [-0.2, -0.15) is 0 Å². The lowest BCUT2D eigenvalue weighted by Gasteiger charge is -2.01. The Balaban J connectivity index is 1.52. The van der Waals surface area contributed by atoms with Crippen LogP contribution in [0.25, 0.3) is 16.7 Å². The van der Waals surface area contributed by atoms with E-state index in [0.29, 0.717) is 0 Å². The van der Waals surface area contributed by atoms with Crippen LogP contribution >= 0.6 is 0 Å². The maximum atomic E-state index is 4.31. The van der Waals surface area contributed by atoms with Crippen LogP contribution < -0.4 is 5.32 Å². The predicted molar refractivity (Wildman–Crippen MR) is 78.9 cm³/mol. The largest absolute Gasteiger partial charge is 0.311 e. The first-order chi connectivity index (χ1) is 10.4. The van der Waals surface area contributed by atoms with Crippen molar-refractivity contribution in [2.24, 2.45) is 5.92 Å². The molecule has 0 saturated heterocycles. The molecule has 2 aromatic heterocycles. The molecule has 0 unspecified atom stereocenters. The minimum atomic E-state index is 0.768. The number of nitrogens with zero attached hydrogens (tertiary/aromatic N) is 5. The molecule has 3 aromatic rings. The Morgan fingerprint density at radius 2 is 2.00 bits per heavy atom. The van der Waals surface area contributed by atoms with Gasteiger partial charge in [-0.3, -0.25) is 9.97 Å². The third kappa shape index (κ3) is 2.75. The maximum Gasteiger partial charge on any atom is 0.0969 e. The van der Waals surface area contributed by atoms with Crippen LogP contribution in [0.5, 0.6) is 0 Å². The standard InChI is InChI=1S/C15H16N6/c1-2-11(1)8-16-9-12-10-21(20-19-12)13-3-4-14-15(7-13)18-6-5-17-14/h3-7,10-11,16H,1-2,8-9H2. The first kappa shape index (κ1) is 12.4. The van der Waals surface area contributed by atoms with E-state index in [9.17, 15) is 0 Å². The van der Waals surface area contributed by atoms with Crippen molar-refractivity contribution in [3.8, 4) is 5.69 Å². The summed E-state index contributed by atoms with van der Waals surface area (Å²) in [7, 11) is 0. The van der Waals surface area contributed by atoms with Crippen LogP contribution in [0.3, 0.4) is 0 Å². The molecule has 1 aliphatic carbocycles. The van der Waals surface area contributed by atoms with Crippen molar-refractivity contribution < 1.29 is 0 Å². The first-order valence-corrected chi connectivity index (χ1v) is 7.21. The van der Waals surface area contributed by atoms with Gasteiger partial charge in [-0.25, -0.2) is 4.68 Å². The van der Waals surface area contributed by atoms with Crippen molar-refractivity contribution in [3.63, 3.8) is 0 Å². The number of benzene rings is 1. The van der Waals surface area contributed by atoms with Crippen LogP contribution in [-0.2, 0) is 6.54 Å². The molecule has 4 rings (SSSR count). The average Bonchev–Trinajstić information content (AvgIpc) is 3.23. The third-order valence-electron chi connectivity index (χ3n) is 3.69. The van der Waals surface area contributed by atoms with Gasteiger partial charge in [0.05, 0.1) is 28.6 Å². The summed E-state index contributed by atoms with van der Waals surface area (Å²) >= 11 is 0. The Labute approximate surface area is 122 Å². The highest BCUT2D eigenvalue weighted by molar-refractivity contribution is 5.76. The average molecular weight is 280 g/mol. The van der Waals surface area contributed by atoms with Gasteiger partial charge in [0.15, 0.2) is 0 Å². The topological polar surface area (TPSA) is 68.5 Å². The molecular formula is C15H16N6. The van der Waals surface area contributed by atoms with E-state index in [0.717, 1.165) is 41.4 Å². The van der Waals surface area contributed by atoms with Crippen LogP contribution in [0.2, 0.25) is 0 Å². The van der Waals surface area contributed by atoms with Crippen molar-refractivity contribution in [1.29, 1.82) is 0 Å². The Morgan fingerprint density at radius 3 is 2.86 bits per heavy atom. The van der Waals surface area contributed by atoms with Gasteiger partial charge < -0.3 is 5.32 Å². The fourth-order valence-corrected chi connectivity index (χ4v) is 2.33. The molecule has 0 radical (unpaired) electrons. The monoisotopic (exact) mass is 280 g/mol. The molecule has 6 nitrogen and oxygen atoms in total. The fraction of sp³-hybridized carbons (Fsp3) is 0.333. The highest BCUT2D eigenvalue weighted by Crippen LogP contribution is 2.27. The molecule has 1 aromatic carbocycles. The smallest absolute Gasteiger partial charge is 0.0969 e. The molecule has 1 N–H and O–H groups in total. The summed E-state index contributed by atoms with van der Waals surface area (Å²) in [5, 5.41) is 11.8. The molecule has 0 amide bonds. The van der Waals surface area contributed by atoms with Gasteiger partial charge in [-0.15, -0.1) is 5.10 Å². The number of rotatable bonds is 5. The molecule has 6 heteroatoms. The fourth-order valence-electron chi connectivity index (χ4n) is 2.33. The highest BCUT2D eigenvalue weighted by Gasteiger charge is 2.20. The van der Waals surface area contributed by atoms with Gasteiger partial charge in [0.2, 0.25) is 0 Å². The molecule has 0 bridgehead atoms. The van der Waals surface area contributed by atoms with E-state index in [1.54, 1.807) is 17.1 Å². The number of fused-ring (bicyclic) bond motifs is 1. The van der Waals surface area contributed by atoms with Gasteiger partial charge in [0, 0.05) is 18.9 Å². The normalized spacial score (nSPS) is 14.7. The van der Waals surface area contributed by atoms with Crippen molar-refractivity contribution in [1.82, 2.24) is 30.3 Å². The summed E-state index contributed by atoms with van der Waals surface area (Å²) in [4.78, 5) is 8.58. The van der Waals surface area contributed by atoms with Gasteiger partial charge in [-0.1, -0.05) is 5.21 Å². The minimum absolute atomic E-state index is 0.768. The molecule has 0 atom stereocenters. The second-order valence-electron chi connectivity index (χ2n) is 5.46. The highest BCUT2D eigenvalue weighted by atomic mass is 15.4. The SMILES string of the molecule is c1cnc2cc(-n3cc(CNCC4CC4)nn3)ccc2n1. The van der Waals surface area contributed by atoms with Gasteiger partial charge in [0.25, 0.3) is 0 Å². The van der Waals surface area contributed by atoms with Crippen LogP contribution in [0.1, 0.15) is 18.5 Å². The molecule has 106 valence electrons. The van der Waals surface area contributed by atoms with Gasteiger partial charge in [-0.05, 0) is 43.5 Å². The van der Waals surface area contributed by atoms with Crippen LogP contribution in [0.15, 0.2) is 36.8 Å². The van der Waals surface area contributed by atoms with E-state index in [2.05, 4.69) is 25.6 Å². The molecule has 0 spiro atoms. The van der Waals surface area contributed by atoms with E-state index in [1.807, 2.05) is 24.4 Å². The minimum Gasteiger partial charge on any atom is -0.311 e. The van der Waals surface area contributed by atoms with Crippen molar-refractivity contribution in [2.75, 3.05) is 6.54 Å². The zero-order valence-electron chi connectivity index (χ0n) is 11.6. The van der Waals surface area contributed by atoms with Crippen molar-refractivity contribution >= 4 is 11.0 Å². The Bertz CT molecular complexity index is 761. The molecule has 0 aliphatic heterocycles. The van der Waals surface area contributed by atoms with E-state index in [4.69, 9.17) is 0 Å². The molecule has 2 heterocycles. The van der Waals surface area contributed by atoms with E-state index in [1.165, 1.54) is 12.8 Å². The number of hydrogen-bond donors (Lipinski definition) is 1. The maximum absolute atomic E-state index is 4.31. The lowest BCUT2D eigenvalue weighted by atomic mass is 10.2. The second kappa shape index (κ2) is 5.21. The molecule has 21 heavy (non-hydrogen) atoms. The van der Waals surface area contributed by atoms with Crippen molar-refractivity contribution in [2.45, 2.75) is 19.4 Å². The molecular weight excluding hydrogens is 264 g/mol. The second-order valence-corrected chi connectivity index (χ2v) is 5.46. The van der Waals surface area contributed by atoms with Crippen LogP contribution in [-0.4, -0.2) is 31.5 Å². The van der Waals surface area contributed by atoms with E-state index in [-0.39, 0.29) is 0 Å². The zero-order valence-corrected chi connectivity index (χ0v) is 11.6. The summed E-state index contributed by atoms with van der Waals surface area (Å²) in [5.41, 5.74) is 3.64. The van der Waals surface area contributed by atoms with Crippen molar-refractivity contribution in [3.05, 3.63) is 42.5 Å². The third-order valence-corrected chi connectivity index (χ3v) is 3.69. The summed E-state index contributed by atoms with van der Waals surface area (Å²) in [6, 6.07) is 5.90. The lowest BCUT2D eigenvalue weighted by Crippen LogP contribution is -2.16. The van der Waals surface area contributed by atoms with Crippen LogP contribution in [0, 0.1) is 5.92 Å². The molecule has 1 aliphatic rings. The summed E-state index contributed by atoms with van der Waals surface area (Å²) in [6.07, 6.45) is 8.06. The predicted octanol–water partition coefficient (Wildman–Crippen LogP) is 1.71. The molecule has 1 fully saturated rings. The first-order valence-electron chi connectivity index (χ1n) is 7.21. The summed E-state index contributed by atoms with van der Waals surface area (Å²) in [5.74, 6) is 0.874. The number of hydrogen-bond acceptors (Lipinski definition) is 5. The van der Waals surface area contributed by atoms with E-state index >= 15 is 0 Å². The number of aromatic nitrogens is 5. The number of nitrogens with one attached hydrogen (secondary N) is 1.